The molecule has 1 aliphatic heterocycles. The zero-order chi connectivity index (χ0) is 11.3. The SMILES string of the molecule is C[C@@H](O)[C@@H]1CCCCN1C(=O)CN=[N+]=[N-]. The quantitative estimate of drug-likeness (QED) is 0.430. The van der Waals surface area contributed by atoms with Crippen molar-refractivity contribution in [2.45, 2.75) is 38.3 Å². The first-order chi connectivity index (χ1) is 7.16. The number of azide groups is 1. The van der Waals surface area contributed by atoms with Crippen molar-refractivity contribution in [3.63, 3.8) is 0 Å². The molecule has 1 rings (SSSR count). The zero-order valence-electron chi connectivity index (χ0n) is 8.83. The molecule has 0 radical (unpaired) electrons. The molecule has 0 aliphatic carbocycles. The van der Waals surface area contributed by atoms with Crippen LogP contribution in [-0.2, 0) is 4.79 Å². The Kier molecular flexibility index (Phi) is 4.39. The highest BCUT2D eigenvalue weighted by Crippen LogP contribution is 2.19. The lowest BCUT2D eigenvalue weighted by atomic mass is 9.98. The van der Waals surface area contributed by atoms with Crippen molar-refractivity contribution in [1.82, 2.24) is 4.90 Å². The third kappa shape index (κ3) is 3.11. The predicted molar refractivity (Wildman–Crippen MR) is 55.0 cm³/mol. The van der Waals surface area contributed by atoms with Crippen LogP contribution in [-0.4, -0.2) is 41.1 Å². The van der Waals surface area contributed by atoms with Crippen LogP contribution in [0, 0.1) is 0 Å². The second-order valence-electron chi connectivity index (χ2n) is 3.78. The van der Waals surface area contributed by atoms with Gasteiger partial charge in [0.1, 0.15) is 6.54 Å². The molecule has 2 atom stereocenters. The molecule has 1 saturated heterocycles. The van der Waals surface area contributed by atoms with Gasteiger partial charge in [-0.25, -0.2) is 0 Å². The average Bonchev–Trinajstić information content (AvgIpc) is 2.25. The molecule has 0 aromatic rings. The lowest BCUT2D eigenvalue weighted by molar-refractivity contribution is -0.136. The molecule has 15 heavy (non-hydrogen) atoms. The largest absolute Gasteiger partial charge is 0.391 e. The summed E-state index contributed by atoms with van der Waals surface area (Å²) in [5.41, 5.74) is 8.13. The first-order valence-corrected chi connectivity index (χ1v) is 5.15. The van der Waals surface area contributed by atoms with Crippen molar-refractivity contribution in [2.75, 3.05) is 13.1 Å². The molecular weight excluding hydrogens is 196 g/mol. The lowest BCUT2D eigenvalue weighted by Crippen LogP contribution is -2.49. The van der Waals surface area contributed by atoms with Gasteiger partial charge in [-0.3, -0.25) is 4.79 Å². The minimum Gasteiger partial charge on any atom is -0.391 e. The molecule has 1 aliphatic rings. The normalized spacial score (nSPS) is 23.1. The van der Waals surface area contributed by atoms with E-state index < -0.39 is 6.10 Å². The average molecular weight is 212 g/mol. The topological polar surface area (TPSA) is 89.3 Å². The van der Waals surface area contributed by atoms with E-state index in [1.54, 1.807) is 11.8 Å². The fraction of sp³-hybridized carbons (Fsp3) is 0.889. The summed E-state index contributed by atoms with van der Waals surface area (Å²) in [6, 6.07) is -0.125. The lowest BCUT2D eigenvalue weighted by Gasteiger charge is -2.37. The van der Waals surface area contributed by atoms with E-state index in [-0.39, 0.29) is 18.5 Å². The summed E-state index contributed by atoms with van der Waals surface area (Å²) in [5.74, 6) is -0.196. The van der Waals surface area contributed by atoms with Crippen LogP contribution >= 0.6 is 0 Å². The minimum atomic E-state index is -0.527. The van der Waals surface area contributed by atoms with E-state index in [0.717, 1.165) is 19.3 Å². The highest BCUT2D eigenvalue weighted by Gasteiger charge is 2.29. The van der Waals surface area contributed by atoms with Crippen molar-refractivity contribution < 1.29 is 9.90 Å². The number of aliphatic hydroxyl groups is 1. The first-order valence-electron chi connectivity index (χ1n) is 5.15. The summed E-state index contributed by atoms with van der Waals surface area (Å²) in [4.78, 5) is 15.8. The smallest absolute Gasteiger partial charge is 0.228 e. The second kappa shape index (κ2) is 5.58. The van der Waals surface area contributed by atoms with Crippen LogP contribution in [0.15, 0.2) is 5.11 Å². The molecule has 6 heteroatoms. The monoisotopic (exact) mass is 212 g/mol. The molecule has 0 aromatic carbocycles. The highest BCUT2D eigenvalue weighted by molar-refractivity contribution is 5.78. The Balaban J connectivity index is 2.62. The fourth-order valence-corrected chi connectivity index (χ4v) is 1.95. The van der Waals surface area contributed by atoms with Crippen LogP contribution in [0.2, 0.25) is 0 Å². The molecule has 84 valence electrons. The Bertz CT molecular complexity index is 273. The Labute approximate surface area is 88.5 Å². The van der Waals surface area contributed by atoms with E-state index in [1.165, 1.54) is 0 Å². The molecule has 0 spiro atoms. The van der Waals surface area contributed by atoms with Gasteiger partial charge in [0.25, 0.3) is 0 Å². The highest BCUT2D eigenvalue weighted by atomic mass is 16.3. The van der Waals surface area contributed by atoms with E-state index in [2.05, 4.69) is 10.0 Å². The summed E-state index contributed by atoms with van der Waals surface area (Å²) >= 11 is 0. The second-order valence-corrected chi connectivity index (χ2v) is 3.78. The maximum absolute atomic E-state index is 11.6. The van der Waals surface area contributed by atoms with E-state index in [9.17, 15) is 9.90 Å². The van der Waals surface area contributed by atoms with E-state index in [1.807, 2.05) is 0 Å². The number of carbonyl (C=O) groups excluding carboxylic acids is 1. The van der Waals surface area contributed by atoms with Gasteiger partial charge in [-0.05, 0) is 31.7 Å². The predicted octanol–water partition coefficient (Wildman–Crippen LogP) is 1.06. The Morgan fingerprint density at radius 3 is 3.07 bits per heavy atom. The third-order valence-corrected chi connectivity index (χ3v) is 2.70. The van der Waals surface area contributed by atoms with Crippen LogP contribution in [0.1, 0.15) is 26.2 Å². The molecule has 0 saturated carbocycles. The summed E-state index contributed by atoms with van der Waals surface area (Å²) in [7, 11) is 0. The van der Waals surface area contributed by atoms with Gasteiger partial charge in [0.2, 0.25) is 5.91 Å². The molecule has 0 unspecified atom stereocenters. The molecule has 1 amide bonds. The van der Waals surface area contributed by atoms with Crippen LogP contribution in [0.25, 0.3) is 10.4 Å². The minimum absolute atomic E-state index is 0.125. The van der Waals surface area contributed by atoms with Gasteiger partial charge in [0.15, 0.2) is 0 Å². The van der Waals surface area contributed by atoms with Crippen LogP contribution in [0.4, 0.5) is 0 Å². The third-order valence-electron chi connectivity index (χ3n) is 2.70. The molecule has 1 heterocycles. The van der Waals surface area contributed by atoms with Gasteiger partial charge in [0.05, 0.1) is 12.1 Å². The molecule has 1 fully saturated rings. The zero-order valence-corrected chi connectivity index (χ0v) is 8.83. The van der Waals surface area contributed by atoms with Crippen molar-refractivity contribution in [3.8, 4) is 0 Å². The van der Waals surface area contributed by atoms with E-state index in [4.69, 9.17) is 5.53 Å². The first kappa shape index (κ1) is 11.8. The van der Waals surface area contributed by atoms with Crippen LogP contribution in [0.5, 0.6) is 0 Å². The summed E-state index contributed by atoms with van der Waals surface area (Å²) in [5, 5.41) is 12.8. The summed E-state index contributed by atoms with van der Waals surface area (Å²) < 4.78 is 0. The molecular formula is C9H16N4O2. The Morgan fingerprint density at radius 2 is 2.47 bits per heavy atom. The number of hydrogen-bond donors (Lipinski definition) is 1. The van der Waals surface area contributed by atoms with Crippen molar-refractivity contribution in [3.05, 3.63) is 10.4 Å². The van der Waals surface area contributed by atoms with Crippen molar-refractivity contribution in [2.24, 2.45) is 5.11 Å². The molecule has 1 N–H and O–H groups in total. The van der Waals surface area contributed by atoms with Crippen molar-refractivity contribution >= 4 is 5.91 Å². The summed E-state index contributed by atoms with van der Waals surface area (Å²) in [6.45, 7) is 2.18. The van der Waals surface area contributed by atoms with Gasteiger partial charge >= 0.3 is 0 Å². The number of carbonyl (C=O) groups is 1. The van der Waals surface area contributed by atoms with E-state index >= 15 is 0 Å². The van der Waals surface area contributed by atoms with Crippen molar-refractivity contribution in [1.29, 1.82) is 0 Å². The number of rotatable bonds is 3. The number of hydrogen-bond acceptors (Lipinski definition) is 3. The maximum atomic E-state index is 11.6. The standard InChI is InChI=1S/C9H16N4O2/c1-7(14)8-4-2-3-5-13(8)9(15)6-11-12-10/h7-8,14H,2-6H2,1H3/t7-,8+/m1/s1. The van der Waals surface area contributed by atoms with Gasteiger partial charge in [0, 0.05) is 11.5 Å². The number of likely N-dealkylation sites (tertiary alicyclic amines) is 1. The number of amides is 1. The number of aliphatic hydroxyl groups excluding tert-OH is 1. The maximum Gasteiger partial charge on any atom is 0.228 e. The number of piperidine rings is 1. The fourth-order valence-electron chi connectivity index (χ4n) is 1.95. The number of nitrogens with zero attached hydrogens (tertiary/aromatic N) is 4. The molecule has 0 aromatic heterocycles. The van der Waals surface area contributed by atoms with Gasteiger partial charge in [-0.15, -0.1) is 0 Å². The Hall–Kier alpha value is -1.26. The molecule has 6 nitrogen and oxygen atoms in total. The van der Waals surface area contributed by atoms with Gasteiger partial charge in [-0.2, -0.15) is 0 Å². The van der Waals surface area contributed by atoms with E-state index in [0.29, 0.717) is 6.54 Å². The van der Waals surface area contributed by atoms with Crippen LogP contribution < -0.4 is 0 Å². The van der Waals surface area contributed by atoms with Gasteiger partial charge < -0.3 is 10.0 Å². The summed E-state index contributed by atoms with van der Waals surface area (Å²) in [6.07, 6.45) is 2.27. The van der Waals surface area contributed by atoms with Gasteiger partial charge in [-0.1, -0.05) is 5.11 Å². The van der Waals surface area contributed by atoms with Crippen LogP contribution in [0.3, 0.4) is 0 Å². The Morgan fingerprint density at radius 1 is 1.73 bits per heavy atom. The molecule has 0 bridgehead atoms.